The van der Waals surface area contributed by atoms with Gasteiger partial charge in [-0.2, -0.15) is 0 Å². The normalized spacial score (nSPS) is 25.3. The van der Waals surface area contributed by atoms with Crippen molar-refractivity contribution in [2.45, 2.75) is 25.4 Å². The van der Waals surface area contributed by atoms with Gasteiger partial charge < -0.3 is 4.74 Å². The Morgan fingerprint density at radius 3 is 3.07 bits per heavy atom. The van der Waals surface area contributed by atoms with Gasteiger partial charge in [-0.1, -0.05) is 30.1 Å². The molecule has 1 aromatic rings. The lowest BCUT2D eigenvalue weighted by molar-refractivity contribution is 0.180. The minimum Gasteiger partial charge on any atom is -0.490 e. The molecule has 0 spiro atoms. The molecular formula is C11H15NOS. The minimum absolute atomic E-state index is 0.307. The van der Waals surface area contributed by atoms with Crippen molar-refractivity contribution >= 4 is 11.9 Å². The maximum Gasteiger partial charge on any atom is 0.123 e. The Bertz CT molecular complexity index is 316. The number of hydrogen-bond acceptors (Lipinski definition) is 3. The lowest BCUT2D eigenvalue weighted by atomic mass is 9.92. The standard InChI is InChI=1S/C11H15NOS/c1-8-6-9(7-14-12)10-4-2-3-5-11(10)13-8/h2-5,8-9H,6-7,12H2,1H3/t8-,9+/m0/s1. The van der Waals surface area contributed by atoms with Crippen molar-refractivity contribution in [3.63, 3.8) is 0 Å². The maximum atomic E-state index is 5.76. The summed E-state index contributed by atoms with van der Waals surface area (Å²) >= 11 is 1.42. The molecule has 0 aromatic heterocycles. The highest BCUT2D eigenvalue weighted by molar-refractivity contribution is 7.97. The van der Waals surface area contributed by atoms with Crippen LogP contribution in [0.5, 0.6) is 5.75 Å². The van der Waals surface area contributed by atoms with Crippen molar-refractivity contribution < 1.29 is 4.74 Å². The van der Waals surface area contributed by atoms with Crippen LogP contribution in [0.2, 0.25) is 0 Å². The Balaban J connectivity index is 2.28. The summed E-state index contributed by atoms with van der Waals surface area (Å²) in [6.45, 7) is 2.12. The van der Waals surface area contributed by atoms with Crippen LogP contribution in [0.15, 0.2) is 24.3 Å². The number of benzene rings is 1. The fourth-order valence-corrected chi connectivity index (χ4v) is 2.54. The van der Waals surface area contributed by atoms with E-state index in [1.807, 2.05) is 12.1 Å². The lowest BCUT2D eigenvalue weighted by Crippen LogP contribution is -2.24. The molecule has 0 saturated carbocycles. The van der Waals surface area contributed by atoms with Crippen molar-refractivity contribution in [3.8, 4) is 5.75 Å². The maximum absolute atomic E-state index is 5.76. The molecule has 2 atom stereocenters. The SMILES string of the molecule is C[C@H]1C[C@H](CSN)c2ccccc2O1. The molecule has 0 bridgehead atoms. The average molecular weight is 209 g/mol. The second-order valence-corrected chi connectivity index (χ2v) is 4.40. The molecule has 1 aliphatic rings. The van der Waals surface area contributed by atoms with Crippen molar-refractivity contribution in [2.24, 2.45) is 5.14 Å². The summed E-state index contributed by atoms with van der Waals surface area (Å²) in [5.74, 6) is 2.56. The van der Waals surface area contributed by atoms with Gasteiger partial charge in [0.2, 0.25) is 0 Å². The highest BCUT2D eigenvalue weighted by Gasteiger charge is 2.24. The Labute approximate surface area is 89.0 Å². The van der Waals surface area contributed by atoms with Crippen molar-refractivity contribution in [1.82, 2.24) is 0 Å². The molecule has 1 aromatic carbocycles. The van der Waals surface area contributed by atoms with Gasteiger partial charge in [0.25, 0.3) is 0 Å². The molecule has 0 amide bonds. The molecule has 3 heteroatoms. The molecule has 0 aliphatic carbocycles. The lowest BCUT2D eigenvalue weighted by Gasteiger charge is -2.29. The largest absolute Gasteiger partial charge is 0.490 e. The van der Waals surface area contributed by atoms with Gasteiger partial charge in [0.15, 0.2) is 0 Å². The van der Waals surface area contributed by atoms with Gasteiger partial charge in [0, 0.05) is 11.7 Å². The summed E-state index contributed by atoms with van der Waals surface area (Å²) in [6, 6.07) is 8.26. The molecule has 2 rings (SSSR count). The van der Waals surface area contributed by atoms with E-state index in [4.69, 9.17) is 9.88 Å². The molecule has 0 unspecified atom stereocenters. The van der Waals surface area contributed by atoms with Crippen LogP contribution in [0.4, 0.5) is 0 Å². The molecule has 76 valence electrons. The van der Waals surface area contributed by atoms with Gasteiger partial charge in [0.05, 0.1) is 6.10 Å². The zero-order chi connectivity index (χ0) is 9.97. The van der Waals surface area contributed by atoms with E-state index in [0.29, 0.717) is 12.0 Å². The van der Waals surface area contributed by atoms with Crippen LogP contribution in [0, 0.1) is 0 Å². The number of ether oxygens (including phenoxy) is 1. The van der Waals surface area contributed by atoms with Gasteiger partial charge in [-0.15, -0.1) is 0 Å². The fraction of sp³-hybridized carbons (Fsp3) is 0.455. The molecule has 0 fully saturated rings. The number of rotatable bonds is 2. The number of nitrogens with two attached hydrogens (primary N) is 1. The monoisotopic (exact) mass is 209 g/mol. The smallest absolute Gasteiger partial charge is 0.123 e. The Morgan fingerprint density at radius 1 is 1.50 bits per heavy atom. The van der Waals surface area contributed by atoms with Crippen molar-refractivity contribution in [2.75, 3.05) is 5.75 Å². The van der Waals surface area contributed by atoms with E-state index >= 15 is 0 Å². The van der Waals surface area contributed by atoms with Crippen molar-refractivity contribution in [3.05, 3.63) is 29.8 Å². The minimum atomic E-state index is 0.307. The van der Waals surface area contributed by atoms with Gasteiger partial charge in [-0.05, 0) is 25.0 Å². The first kappa shape index (κ1) is 9.87. The van der Waals surface area contributed by atoms with Crippen molar-refractivity contribution in [1.29, 1.82) is 0 Å². The molecule has 1 heterocycles. The summed E-state index contributed by atoms with van der Waals surface area (Å²) in [4.78, 5) is 0. The first-order valence-corrected chi connectivity index (χ1v) is 5.93. The third kappa shape index (κ3) is 1.88. The number of para-hydroxylation sites is 1. The van der Waals surface area contributed by atoms with E-state index < -0.39 is 0 Å². The van der Waals surface area contributed by atoms with E-state index in [0.717, 1.165) is 17.9 Å². The quantitative estimate of drug-likeness (QED) is 0.760. The zero-order valence-corrected chi connectivity index (χ0v) is 9.09. The summed E-state index contributed by atoms with van der Waals surface area (Å²) < 4.78 is 5.76. The van der Waals surface area contributed by atoms with Crippen LogP contribution in [0.3, 0.4) is 0 Å². The highest BCUT2D eigenvalue weighted by Crippen LogP contribution is 2.36. The first-order chi connectivity index (χ1) is 6.81. The molecule has 0 radical (unpaired) electrons. The van der Waals surface area contributed by atoms with Gasteiger partial charge in [-0.25, -0.2) is 0 Å². The number of hydrogen-bond donors (Lipinski definition) is 1. The summed E-state index contributed by atoms with van der Waals surface area (Å²) in [6.07, 6.45) is 1.38. The van der Waals surface area contributed by atoms with E-state index in [1.54, 1.807) is 0 Å². The van der Waals surface area contributed by atoms with Gasteiger partial charge >= 0.3 is 0 Å². The summed E-state index contributed by atoms with van der Waals surface area (Å²) in [7, 11) is 0. The van der Waals surface area contributed by atoms with Crippen LogP contribution >= 0.6 is 11.9 Å². The summed E-state index contributed by atoms with van der Waals surface area (Å²) in [5, 5.41) is 5.54. The second-order valence-electron chi connectivity index (χ2n) is 3.73. The summed E-state index contributed by atoms with van der Waals surface area (Å²) in [5.41, 5.74) is 1.31. The Kier molecular flexibility index (Phi) is 2.99. The van der Waals surface area contributed by atoms with Gasteiger partial charge in [-0.3, -0.25) is 5.14 Å². The molecule has 14 heavy (non-hydrogen) atoms. The van der Waals surface area contributed by atoms with Crippen LogP contribution < -0.4 is 9.88 Å². The van der Waals surface area contributed by atoms with Crippen LogP contribution in [-0.4, -0.2) is 11.9 Å². The van der Waals surface area contributed by atoms with E-state index in [2.05, 4.69) is 19.1 Å². The molecular weight excluding hydrogens is 194 g/mol. The van der Waals surface area contributed by atoms with E-state index in [1.165, 1.54) is 17.5 Å². The molecule has 1 aliphatic heterocycles. The average Bonchev–Trinajstić information content (AvgIpc) is 2.18. The van der Waals surface area contributed by atoms with E-state index in [-0.39, 0.29) is 0 Å². The molecule has 0 saturated heterocycles. The van der Waals surface area contributed by atoms with Gasteiger partial charge in [0.1, 0.15) is 5.75 Å². The topological polar surface area (TPSA) is 35.2 Å². The predicted molar refractivity (Wildman–Crippen MR) is 60.5 cm³/mol. The third-order valence-corrected chi connectivity index (χ3v) is 3.20. The predicted octanol–water partition coefficient (Wildman–Crippen LogP) is 2.55. The first-order valence-electron chi connectivity index (χ1n) is 4.88. The Hall–Kier alpha value is -0.670. The number of fused-ring (bicyclic) bond motifs is 1. The molecule has 2 nitrogen and oxygen atoms in total. The second kappa shape index (κ2) is 4.24. The van der Waals surface area contributed by atoms with Crippen LogP contribution in [0.1, 0.15) is 24.8 Å². The molecule has 2 N–H and O–H groups in total. The zero-order valence-electron chi connectivity index (χ0n) is 8.27. The van der Waals surface area contributed by atoms with Crippen LogP contribution in [-0.2, 0) is 0 Å². The Morgan fingerprint density at radius 2 is 2.29 bits per heavy atom. The fourth-order valence-electron chi connectivity index (χ4n) is 1.99. The third-order valence-electron chi connectivity index (χ3n) is 2.60. The van der Waals surface area contributed by atoms with Crippen LogP contribution in [0.25, 0.3) is 0 Å². The van der Waals surface area contributed by atoms with E-state index in [9.17, 15) is 0 Å². The highest BCUT2D eigenvalue weighted by atomic mass is 32.2.